The van der Waals surface area contributed by atoms with E-state index in [2.05, 4.69) is 0 Å². The van der Waals surface area contributed by atoms with Crippen LogP contribution in [0.4, 0.5) is 4.39 Å². The molecule has 0 heterocycles. The zero-order valence-corrected chi connectivity index (χ0v) is 10.8. The molecule has 18 heavy (non-hydrogen) atoms. The lowest BCUT2D eigenvalue weighted by molar-refractivity contribution is -0.0559. The van der Waals surface area contributed by atoms with Crippen molar-refractivity contribution in [1.29, 1.82) is 0 Å². The average molecular weight is 252 g/mol. The number of methoxy groups -OCH3 is 1. The van der Waals surface area contributed by atoms with E-state index in [-0.39, 0.29) is 11.9 Å². The van der Waals surface area contributed by atoms with E-state index >= 15 is 0 Å². The third kappa shape index (κ3) is 3.09. The molecule has 0 bridgehead atoms. The molecule has 1 saturated carbocycles. The van der Waals surface area contributed by atoms with Gasteiger partial charge in [-0.2, -0.15) is 0 Å². The fourth-order valence-electron chi connectivity index (χ4n) is 2.89. The maximum absolute atomic E-state index is 12.9. The van der Waals surface area contributed by atoms with Crippen LogP contribution in [0.3, 0.4) is 0 Å². The van der Waals surface area contributed by atoms with Gasteiger partial charge in [-0.25, -0.2) is 4.39 Å². The van der Waals surface area contributed by atoms with E-state index in [9.17, 15) is 9.50 Å². The van der Waals surface area contributed by atoms with Crippen molar-refractivity contribution >= 4 is 0 Å². The number of hydrogen-bond acceptors (Lipinski definition) is 2. The lowest BCUT2D eigenvalue weighted by Gasteiger charge is -2.32. The largest absolute Gasteiger partial charge is 0.386 e. The fraction of sp³-hybridized carbons (Fsp3) is 0.600. The Morgan fingerprint density at radius 1 is 1.17 bits per heavy atom. The predicted octanol–water partition coefficient (Wildman–Crippen LogP) is 3.45. The second-order valence-electron chi connectivity index (χ2n) is 5.09. The van der Waals surface area contributed by atoms with Crippen LogP contribution in [0.25, 0.3) is 0 Å². The first-order valence-corrected chi connectivity index (χ1v) is 6.68. The monoisotopic (exact) mass is 252 g/mol. The van der Waals surface area contributed by atoms with Gasteiger partial charge in [0.2, 0.25) is 0 Å². The van der Waals surface area contributed by atoms with Crippen molar-refractivity contribution in [2.75, 3.05) is 7.11 Å². The normalized spacial score (nSPS) is 20.6. The first-order chi connectivity index (χ1) is 8.72. The van der Waals surface area contributed by atoms with Crippen molar-refractivity contribution in [3.63, 3.8) is 0 Å². The summed E-state index contributed by atoms with van der Waals surface area (Å²) in [4.78, 5) is 0. The first kappa shape index (κ1) is 13.5. The number of halogens is 1. The SMILES string of the molecule is COC(C1CCCCC1)C(O)c1ccc(F)cc1. The van der Waals surface area contributed by atoms with Gasteiger partial charge in [-0.15, -0.1) is 0 Å². The summed E-state index contributed by atoms with van der Waals surface area (Å²) in [5, 5.41) is 10.4. The topological polar surface area (TPSA) is 29.5 Å². The first-order valence-electron chi connectivity index (χ1n) is 6.68. The molecule has 1 aliphatic rings. The summed E-state index contributed by atoms with van der Waals surface area (Å²) >= 11 is 0. The summed E-state index contributed by atoms with van der Waals surface area (Å²) in [6.45, 7) is 0. The van der Waals surface area contributed by atoms with Crippen LogP contribution < -0.4 is 0 Å². The molecule has 2 unspecified atom stereocenters. The Balaban J connectivity index is 2.08. The fourth-order valence-corrected chi connectivity index (χ4v) is 2.89. The molecule has 2 atom stereocenters. The molecular formula is C15H21FO2. The molecule has 2 nitrogen and oxygen atoms in total. The maximum atomic E-state index is 12.9. The molecule has 1 aliphatic carbocycles. The number of aliphatic hydroxyl groups is 1. The molecule has 0 saturated heterocycles. The summed E-state index contributed by atoms with van der Waals surface area (Å²) in [6.07, 6.45) is 5.06. The Bertz CT molecular complexity index is 357. The van der Waals surface area contributed by atoms with Gasteiger partial charge in [0.25, 0.3) is 0 Å². The molecule has 2 rings (SSSR count). The highest BCUT2D eigenvalue weighted by molar-refractivity contribution is 5.19. The summed E-state index contributed by atoms with van der Waals surface area (Å²) < 4.78 is 18.4. The minimum Gasteiger partial charge on any atom is -0.386 e. The van der Waals surface area contributed by atoms with Crippen LogP contribution in [0.1, 0.15) is 43.8 Å². The lowest BCUT2D eigenvalue weighted by atomic mass is 9.82. The molecule has 0 amide bonds. The molecule has 1 N–H and O–H groups in total. The van der Waals surface area contributed by atoms with Crippen molar-refractivity contribution in [1.82, 2.24) is 0 Å². The van der Waals surface area contributed by atoms with Crippen LogP contribution in [0, 0.1) is 11.7 Å². The van der Waals surface area contributed by atoms with Gasteiger partial charge in [0.1, 0.15) is 11.9 Å². The highest BCUT2D eigenvalue weighted by Gasteiger charge is 2.30. The number of rotatable bonds is 4. The minimum absolute atomic E-state index is 0.184. The molecule has 3 heteroatoms. The minimum atomic E-state index is -0.668. The standard InChI is InChI=1S/C15H21FO2/c1-18-15(12-5-3-2-4-6-12)14(17)11-7-9-13(16)10-8-11/h7-10,12,14-15,17H,2-6H2,1H3. The van der Waals surface area contributed by atoms with E-state index in [1.807, 2.05) is 0 Å². The van der Waals surface area contributed by atoms with E-state index in [0.717, 1.165) is 18.4 Å². The van der Waals surface area contributed by atoms with E-state index in [1.54, 1.807) is 19.2 Å². The van der Waals surface area contributed by atoms with E-state index in [1.165, 1.54) is 31.4 Å². The molecule has 100 valence electrons. The highest BCUT2D eigenvalue weighted by atomic mass is 19.1. The number of ether oxygens (including phenoxy) is 1. The van der Waals surface area contributed by atoms with Gasteiger partial charge in [0.15, 0.2) is 0 Å². The second kappa shape index (κ2) is 6.30. The molecule has 0 aromatic heterocycles. The molecule has 0 aliphatic heterocycles. The van der Waals surface area contributed by atoms with Gasteiger partial charge >= 0.3 is 0 Å². The molecule has 1 fully saturated rings. The average Bonchev–Trinajstić information content (AvgIpc) is 2.41. The van der Waals surface area contributed by atoms with E-state index < -0.39 is 6.10 Å². The molecule has 0 radical (unpaired) electrons. The van der Waals surface area contributed by atoms with Gasteiger partial charge in [-0.1, -0.05) is 31.4 Å². The van der Waals surface area contributed by atoms with Crippen molar-refractivity contribution in [2.45, 2.75) is 44.3 Å². The predicted molar refractivity (Wildman–Crippen MR) is 68.7 cm³/mol. The summed E-state index contributed by atoms with van der Waals surface area (Å²) in [5.74, 6) is 0.126. The Kier molecular flexibility index (Phi) is 4.72. The van der Waals surface area contributed by atoms with Crippen molar-refractivity contribution in [3.05, 3.63) is 35.6 Å². The Morgan fingerprint density at radius 2 is 1.78 bits per heavy atom. The Hall–Kier alpha value is -0.930. The number of hydrogen-bond donors (Lipinski definition) is 1. The Morgan fingerprint density at radius 3 is 2.33 bits per heavy atom. The third-order valence-electron chi connectivity index (χ3n) is 3.91. The van der Waals surface area contributed by atoms with Crippen molar-refractivity contribution in [2.24, 2.45) is 5.92 Å². The van der Waals surface area contributed by atoms with Crippen molar-refractivity contribution < 1.29 is 14.2 Å². The summed E-state index contributed by atoms with van der Waals surface area (Å²) in [6, 6.07) is 6.03. The molecule has 1 aromatic rings. The molecule has 1 aromatic carbocycles. The van der Waals surface area contributed by atoms with Gasteiger partial charge in [0, 0.05) is 7.11 Å². The number of benzene rings is 1. The van der Waals surface area contributed by atoms with Crippen LogP contribution in [0.5, 0.6) is 0 Å². The quantitative estimate of drug-likeness (QED) is 0.889. The van der Waals surface area contributed by atoms with Crippen LogP contribution in [0.15, 0.2) is 24.3 Å². The Labute approximate surface area is 108 Å². The van der Waals surface area contributed by atoms with Crippen molar-refractivity contribution in [3.8, 4) is 0 Å². The summed E-state index contributed by atoms with van der Waals surface area (Å²) in [7, 11) is 1.64. The van der Waals surface area contributed by atoms with Gasteiger partial charge in [0.05, 0.1) is 6.10 Å². The zero-order valence-electron chi connectivity index (χ0n) is 10.8. The molecular weight excluding hydrogens is 231 g/mol. The van der Waals surface area contributed by atoms with Crippen LogP contribution in [-0.4, -0.2) is 18.3 Å². The van der Waals surface area contributed by atoms with E-state index in [0.29, 0.717) is 5.92 Å². The molecule has 0 spiro atoms. The zero-order chi connectivity index (χ0) is 13.0. The highest BCUT2D eigenvalue weighted by Crippen LogP contribution is 2.33. The summed E-state index contributed by atoms with van der Waals surface area (Å²) in [5.41, 5.74) is 0.730. The third-order valence-corrected chi connectivity index (χ3v) is 3.91. The number of aliphatic hydroxyl groups excluding tert-OH is 1. The maximum Gasteiger partial charge on any atom is 0.123 e. The second-order valence-corrected chi connectivity index (χ2v) is 5.09. The van der Waals surface area contributed by atoms with Crippen LogP contribution >= 0.6 is 0 Å². The lowest BCUT2D eigenvalue weighted by Crippen LogP contribution is -2.31. The van der Waals surface area contributed by atoms with E-state index in [4.69, 9.17) is 4.74 Å². The van der Waals surface area contributed by atoms with Gasteiger partial charge in [-0.05, 0) is 36.5 Å². The van der Waals surface area contributed by atoms with Gasteiger partial charge < -0.3 is 9.84 Å². The van der Waals surface area contributed by atoms with Crippen LogP contribution in [-0.2, 0) is 4.74 Å². The smallest absolute Gasteiger partial charge is 0.123 e. The van der Waals surface area contributed by atoms with Crippen LogP contribution in [0.2, 0.25) is 0 Å². The van der Waals surface area contributed by atoms with Gasteiger partial charge in [-0.3, -0.25) is 0 Å².